The van der Waals surface area contributed by atoms with Crippen molar-refractivity contribution in [1.29, 1.82) is 0 Å². The molecule has 0 aromatic carbocycles. The summed E-state index contributed by atoms with van der Waals surface area (Å²) in [4.78, 5) is 65.8. The molecule has 12 nitrogen and oxygen atoms in total. The highest BCUT2D eigenvalue weighted by Gasteiger charge is 2.23. The number of unbranched alkanes of at least 4 members (excludes halogenated alkanes) is 2. The summed E-state index contributed by atoms with van der Waals surface area (Å²) in [6, 6.07) is 0. The molecule has 0 saturated heterocycles. The Morgan fingerprint density at radius 3 is 1.81 bits per heavy atom. The Morgan fingerprint density at radius 2 is 1.33 bits per heavy atom. The van der Waals surface area contributed by atoms with Gasteiger partial charge in [-0.3, -0.25) is 24.0 Å². The van der Waals surface area contributed by atoms with Crippen LogP contribution in [0.2, 0.25) is 0 Å². The Morgan fingerprint density at radius 1 is 0.814 bits per heavy atom. The number of ketones is 2. The number of aliphatic hydroxyl groups excluding tert-OH is 2. The van der Waals surface area contributed by atoms with Crippen LogP contribution in [-0.2, 0) is 28.8 Å². The topological polar surface area (TPSA) is 174 Å². The molecular formula is C29H54N4O8S2. The van der Waals surface area contributed by atoms with Gasteiger partial charge in [-0.15, -0.1) is 23.5 Å². The molecule has 5 N–H and O–H groups in total. The lowest BCUT2D eigenvalue weighted by atomic mass is 9.85. The van der Waals surface area contributed by atoms with E-state index in [-0.39, 0.29) is 71.4 Å². The number of amides is 3. The van der Waals surface area contributed by atoms with E-state index in [0.29, 0.717) is 57.6 Å². The number of hydroxylamine groups is 2. The van der Waals surface area contributed by atoms with Crippen LogP contribution in [-0.4, -0.2) is 121 Å². The van der Waals surface area contributed by atoms with Crippen LogP contribution in [0.3, 0.4) is 0 Å². The summed E-state index contributed by atoms with van der Waals surface area (Å²) in [5.41, 5.74) is 0. The van der Waals surface area contributed by atoms with Gasteiger partial charge in [0, 0.05) is 57.2 Å². The first kappa shape index (κ1) is 41.3. The zero-order chi connectivity index (χ0) is 32.5. The number of hydrogen-bond donors (Lipinski definition) is 5. The number of nitrogens with one attached hydrogen (secondary N) is 3. The van der Waals surface area contributed by atoms with Gasteiger partial charge in [-0.1, -0.05) is 19.8 Å². The van der Waals surface area contributed by atoms with Crippen molar-refractivity contribution in [3.63, 3.8) is 0 Å². The zero-order valence-electron chi connectivity index (χ0n) is 26.4. The van der Waals surface area contributed by atoms with Gasteiger partial charge >= 0.3 is 0 Å². The van der Waals surface area contributed by atoms with Crippen molar-refractivity contribution < 1.29 is 39.0 Å². The predicted octanol–water partition coefficient (Wildman–Crippen LogP) is 1.18. The lowest BCUT2D eigenvalue weighted by Gasteiger charge is -2.18. The fraction of sp³-hybridized carbons (Fsp3) is 0.828. The van der Waals surface area contributed by atoms with Crippen molar-refractivity contribution in [1.82, 2.24) is 21.0 Å². The highest BCUT2D eigenvalue weighted by Crippen LogP contribution is 2.22. The van der Waals surface area contributed by atoms with E-state index >= 15 is 0 Å². The normalized spacial score (nSPS) is 13.3. The molecule has 0 aliphatic heterocycles. The quantitative estimate of drug-likeness (QED) is 0.0608. The van der Waals surface area contributed by atoms with Crippen molar-refractivity contribution in [3.8, 4) is 0 Å². The molecule has 43 heavy (non-hydrogen) atoms. The van der Waals surface area contributed by atoms with E-state index in [9.17, 15) is 29.1 Å². The Hall–Kier alpha value is -1.71. The van der Waals surface area contributed by atoms with Crippen LogP contribution in [0.1, 0.15) is 65.2 Å². The summed E-state index contributed by atoms with van der Waals surface area (Å²) in [6.45, 7) is 5.19. The molecule has 0 aromatic rings. The molecule has 250 valence electrons. The Balaban J connectivity index is 4.13. The van der Waals surface area contributed by atoms with Gasteiger partial charge in [0.15, 0.2) is 0 Å². The summed E-state index contributed by atoms with van der Waals surface area (Å²) >= 11 is 2.51. The summed E-state index contributed by atoms with van der Waals surface area (Å²) in [6.07, 6.45) is 4.39. The minimum Gasteiger partial charge on any atom is -0.394 e. The SMILES string of the molecule is CCC(CCCCNC(=O)CSCC(O)CO)C(=O)CC(CCCCNC(=O)CSCC(=O)NCCN(C)OC)C(C)=O. The maximum atomic E-state index is 12.9. The highest BCUT2D eigenvalue weighted by molar-refractivity contribution is 8.00. The minimum atomic E-state index is -0.820. The number of nitrogens with zero attached hydrogens (tertiary/aromatic N) is 1. The Kier molecular flexibility index (Phi) is 25.6. The Bertz CT molecular complexity index is 821. The maximum Gasteiger partial charge on any atom is 0.230 e. The van der Waals surface area contributed by atoms with Crippen LogP contribution < -0.4 is 16.0 Å². The number of aliphatic hydroxyl groups is 2. The van der Waals surface area contributed by atoms with E-state index in [1.165, 1.54) is 30.4 Å². The summed E-state index contributed by atoms with van der Waals surface area (Å²) in [5.74, 6) is 0.191. The van der Waals surface area contributed by atoms with Crippen molar-refractivity contribution in [2.24, 2.45) is 11.8 Å². The van der Waals surface area contributed by atoms with Crippen LogP contribution in [0, 0.1) is 11.8 Å². The average Bonchev–Trinajstić information content (AvgIpc) is 2.97. The third-order valence-electron chi connectivity index (χ3n) is 6.85. The summed E-state index contributed by atoms with van der Waals surface area (Å²) in [7, 11) is 3.32. The van der Waals surface area contributed by atoms with Crippen molar-refractivity contribution >= 4 is 52.8 Å². The number of thioether (sulfide) groups is 2. The van der Waals surface area contributed by atoms with E-state index in [1.54, 1.807) is 19.2 Å². The molecule has 0 radical (unpaired) electrons. The third kappa shape index (κ3) is 23.4. The largest absolute Gasteiger partial charge is 0.394 e. The standard InChI is InChI=1S/C29H54N4O8S2/c1-5-23(10-6-8-12-30-27(38)19-42-18-25(36)17-34)26(37)16-24(22(2)35)11-7-9-13-31-28(39)20-43-21-29(40)32-14-15-33(3)41-4/h23-25,34,36H,5-21H2,1-4H3,(H,30,38)(H,31,39)(H,32,40). The molecule has 0 spiro atoms. The smallest absolute Gasteiger partial charge is 0.230 e. The average molecular weight is 651 g/mol. The second kappa shape index (κ2) is 26.7. The molecule has 0 bridgehead atoms. The maximum absolute atomic E-state index is 12.9. The number of Topliss-reactive ketones (excluding diaryl/α,β-unsaturated/α-hetero) is 2. The molecule has 3 unspecified atom stereocenters. The van der Waals surface area contributed by atoms with Gasteiger partial charge in [0.1, 0.15) is 11.6 Å². The number of carbonyl (C=O) groups excluding carboxylic acids is 5. The second-order valence-corrected chi connectivity index (χ2v) is 12.5. The van der Waals surface area contributed by atoms with E-state index in [2.05, 4.69) is 16.0 Å². The first-order chi connectivity index (χ1) is 20.5. The summed E-state index contributed by atoms with van der Waals surface area (Å²) < 4.78 is 0. The molecule has 0 fully saturated rings. The minimum absolute atomic E-state index is 0.00266. The summed E-state index contributed by atoms with van der Waals surface area (Å²) in [5, 5.41) is 28.1. The molecule has 0 heterocycles. The van der Waals surface area contributed by atoms with E-state index in [4.69, 9.17) is 9.94 Å². The van der Waals surface area contributed by atoms with Gasteiger partial charge in [0.05, 0.1) is 37.1 Å². The first-order valence-corrected chi connectivity index (χ1v) is 17.4. The third-order valence-corrected chi connectivity index (χ3v) is 8.87. The van der Waals surface area contributed by atoms with Crippen molar-refractivity contribution in [2.75, 3.05) is 70.0 Å². The van der Waals surface area contributed by atoms with Gasteiger partial charge in [-0.05, 0) is 39.0 Å². The number of likely N-dealkylation sites (N-methyl/N-ethyl adjacent to an activating group) is 1. The lowest BCUT2D eigenvalue weighted by Crippen LogP contribution is -2.34. The fourth-order valence-corrected chi connectivity index (χ4v) is 5.57. The van der Waals surface area contributed by atoms with Crippen LogP contribution in [0.15, 0.2) is 0 Å². The zero-order valence-corrected chi connectivity index (χ0v) is 28.0. The lowest BCUT2D eigenvalue weighted by molar-refractivity contribution is -0.129. The predicted molar refractivity (Wildman–Crippen MR) is 172 cm³/mol. The molecule has 0 saturated carbocycles. The number of hydrogen-bond acceptors (Lipinski definition) is 11. The molecule has 14 heteroatoms. The van der Waals surface area contributed by atoms with Gasteiger partial charge in [-0.2, -0.15) is 5.06 Å². The molecule has 0 aromatic heterocycles. The van der Waals surface area contributed by atoms with Crippen LogP contribution >= 0.6 is 23.5 Å². The van der Waals surface area contributed by atoms with Gasteiger partial charge in [-0.25, -0.2) is 0 Å². The molecule has 3 amide bonds. The van der Waals surface area contributed by atoms with E-state index < -0.39 is 6.10 Å². The van der Waals surface area contributed by atoms with Crippen LogP contribution in [0.25, 0.3) is 0 Å². The van der Waals surface area contributed by atoms with E-state index in [1.807, 2.05) is 6.92 Å². The molecule has 0 aliphatic rings. The molecule has 0 rings (SSSR count). The van der Waals surface area contributed by atoms with Crippen LogP contribution in [0.4, 0.5) is 0 Å². The van der Waals surface area contributed by atoms with Gasteiger partial charge in [0.2, 0.25) is 17.7 Å². The van der Waals surface area contributed by atoms with Gasteiger partial charge in [0.25, 0.3) is 0 Å². The fourth-order valence-electron chi connectivity index (χ4n) is 4.11. The number of carbonyl (C=O) groups is 5. The molecule has 0 aliphatic carbocycles. The monoisotopic (exact) mass is 650 g/mol. The second-order valence-electron chi connectivity index (χ2n) is 10.5. The van der Waals surface area contributed by atoms with Gasteiger partial charge < -0.3 is 31.0 Å². The molecular weight excluding hydrogens is 596 g/mol. The molecule has 3 atom stereocenters. The highest BCUT2D eigenvalue weighted by atomic mass is 32.2. The number of rotatable bonds is 28. The first-order valence-electron chi connectivity index (χ1n) is 15.1. The van der Waals surface area contributed by atoms with E-state index in [0.717, 1.165) is 19.3 Å². The van der Waals surface area contributed by atoms with Crippen molar-refractivity contribution in [3.05, 3.63) is 0 Å². The van der Waals surface area contributed by atoms with Crippen molar-refractivity contribution in [2.45, 2.75) is 71.3 Å². The van der Waals surface area contributed by atoms with Crippen LogP contribution in [0.5, 0.6) is 0 Å². The Labute approximate surface area is 265 Å².